The number of aromatic nitrogens is 1. The smallest absolute Gasteiger partial charge is 0.191 e. The lowest BCUT2D eigenvalue weighted by Crippen LogP contribution is -2.45. The maximum Gasteiger partial charge on any atom is 0.191 e. The summed E-state index contributed by atoms with van der Waals surface area (Å²) in [7, 11) is 0. The van der Waals surface area contributed by atoms with Gasteiger partial charge in [-0.3, -0.25) is 4.99 Å². The van der Waals surface area contributed by atoms with E-state index in [1.807, 2.05) is 12.1 Å². The number of nitrogens with zero attached hydrogens (tertiary/aromatic N) is 3. The Balaban J connectivity index is 1.87. The van der Waals surface area contributed by atoms with Gasteiger partial charge in [0.15, 0.2) is 5.96 Å². The van der Waals surface area contributed by atoms with Crippen LogP contribution in [0.4, 0.5) is 5.82 Å². The van der Waals surface area contributed by atoms with Crippen molar-refractivity contribution < 1.29 is 0 Å². The van der Waals surface area contributed by atoms with Gasteiger partial charge in [0.05, 0.1) is 11.6 Å². The van der Waals surface area contributed by atoms with Gasteiger partial charge in [0.1, 0.15) is 5.82 Å². The number of hydrogen-bond donors (Lipinski definition) is 3. The van der Waals surface area contributed by atoms with E-state index in [4.69, 9.17) is 11.6 Å². The van der Waals surface area contributed by atoms with Crippen molar-refractivity contribution in [2.24, 2.45) is 4.99 Å². The molecule has 3 N–H and O–H groups in total. The SMILES string of the molecule is CCNC(=NCCNC(C)(C)C)NC1CCN(c2ncccc2Cl)C1. The first-order chi connectivity index (χ1) is 11.9. The molecule has 1 aromatic rings. The monoisotopic (exact) mass is 366 g/mol. The van der Waals surface area contributed by atoms with Crippen LogP contribution in [0.15, 0.2) is 23.3 Å². The predicted molar refractivity (Wildman–Crippen MR) is 107 cm³/mol. The summed E-state index contributed by atoms with van der Waals surface area (Å²) in [6.07, 6.45) is 2.83. The van der Waals surface area contributed by atoms with Crippen molar-refractivity contribution in [2.45, 2.75) is 45.7 Å². The van der Waals surface area contributed by atoms with E-state index in [-0.39, 0.29) is 5.54 Å². The van der Waals surface area contributed by atoms with E-state index in [1.165, 1.54) is 0 Å². The number of aliphatic imine (C=N–C) groups is 1. The highest BCUT2D eigenvalue weighted by molar-refractivity contribution is 6.32. The minimum absolute atomic E-state index is 0.120. The molecule has 1 aliphatic heterocycles. The average Bonchev–Trinajstić information content (AvgIpc) is 2.99. The van der Waals surface area contributed by atoms with Gasteiger partial charge in [-0.05, 0) is 46.2 Å². The van der Waals surface area contributed by atoms with Gasteiger partial charge in [-0.25, -0.2) is 4.98 Å². The topological polar surface area (TPSA) is 64.6 Å². The lowest BCUT2D eigenvalue weighted by molar-refractivity contribution is 0.432. The normalized spacial score (nSPS) is 18.5. The van der Waals surface area contributed by atoms with Crippen LogP contribution in [-0.2, 0) is 0 Å². The largest absolute Gasteiger partial charge is 0.357 e. The first-order valence-electron chi connectivity index (χ1n) is 9.04. The summed E-state index contributed by atoms with van der Waals surface area (Å²) >= 11 is 6.26. The van der Waals surface area contributed by atoms with E-state index >= 15 is 0 Å². The quantitative estimate of drug-likeness (QED) is 0.409. The number of anilines is 1. The van der Waals surface area contributed by atoms with Crippen LogP contribution in [0.1, 0.15) is 34.1 Å². The molecule has 7 heteroatoms. The van der Waals surface area contributed by atoms with E-state index in [9.17, 15) is 0 Å². The van der Waals surface area contributed by atoms with Crippen LogP contribution >= 0.6 is 11.6 Å². The minimum Gasteiger partial charge on any atom is -0.357 e. The van der Waals surface area contributed by atoms with Crippen molar-refractivity contribution in [1.82, 2.24) is 20.9 Å². The van der Waals surface area contributed by atoms with Gasteiger partial charge in [0, 0.05) is 44.0 Å². The molecule has 140 valence electrons. The highest BCUT2D eigenvalue weighted by Crippen LogP contribution is 2.25. The molecule has 2 rings (SSSR count). The summed E-state index contributed by atoms with van der Waals surface area (Å²) in [6, 6.07) is 4.09. The second-order valence-electron chi connectivity index (χ2n) is 7.32. The van der Waals surface area contributed by atoms with Crippen molar-refractivity contribution in [3.63, 3.8) is 0 Å². The fourth-order valence-corrected chi connectivity index (χ4v) is 3.03. The van der Waals surface area contributed by atoms with Gasteiger partial charge in [-0.15, -0.1) is 0 Å². The Labute approximate surface area is 156 Å². The Morgan fingerprint density at radius 1 is 1.44 bits per heavy atom. The van der Waals surface area contributed by atoms with Crippen LogP contribution in [0, 0.1) is 0 Å². The Bertz CT molecular complexity index is 569. The Hall–Kier alpha value is -1.53. The van der Waals surface area contributed by atoms with E-state index in [0.29, 0.717) is 11.1 Å². The van der Waals surface area contributed by atoms with Crippen LogP contribution in [0.25, 0.3) is 0 Å². The zero-order valence-corrected chi connectivity index (χ0v) is 16.5. The Morgan fingerprint density at radius 3 is 2.92 bits per heavy atom. The molecule has 1 aliphatic rings. The van der Waals surface area contributed by atoms with Crippen LogP contribution in [0.3, 0.4) is 0 Å². The molecule has 0 aromatic carbocycles. The van der Waals surface area contributed by atoms with Crippen molar-refractivity contribution >= 4 is 23.4 Å². The highest BCUT2D eigenvalue weighted by Gasteiger charge is 2.25. The molecule has 6 nitrogen and oxygen atoms in total. The third-order valence-electron chi connectivity index (χ3n) is 3.95. The van der Waals surface area contributed by atoms with Gasteiger partial charge < -0.3 is 20.9 Å². The van der Waals surface area contributed by atoms with Crippen LogP contribution < -0.4 is 20.9 Å². The van der Waals surface area contributed by atoms with Crippen molar-refractivity contribution in [2.75, 3.05) is 37.6 Å². The molecule has 1 unspecified atom stereocenters. The molecular weight excluding hydrogens is 336 g/mol. The molecule has 1 saturated heterocycles. The third-order valence-corrected chi connectivity index (χ3v) is 4.24. The molecule has 0 spiro atoms. The molecule has 0 amide bonds. The van der Waals surface area contributed by atoms with Crippen LogP contribution in [0.2, 0.25) is 5.02 Å². The number of nitrogens with one attached hydrogen (secondary N) is 3. The molecule has 0 bridgehead atoms. The maximum atomic E-state index is 6.26. The van der Waals surface area contributed by atoms with Gasteiger partial charge in [0.25, 0.3) is 0 Å². The summed E-state index contributed by atoms with van der Waals surface area (Å²) in [5.74, 6) is 1.74. The van der Waals surface area contributed by atoms with Gasteiger partial charge in [-0.2, -0.15) is 0 Å². The molecule has 25 heavy (non-hydrogen) atoms. The van der Waals surface area contributed by atoms with Crippen molar-refractivity contribution in [3.05, 3.63) is 23.4 Å². The van der Waals surface area contributed by atoms with Crippen molar-refractivity contribution in [3.8, 4) is 0 Å². The van der Waals surface area contributed by atoms with Crippen LogP contribution in [0.5, 0.6) is 0 Å². The standard InChI is InChI=1S/C18H31ClN6/c1-5-20-17(22-10-11-23-18(2,3)4)24-14-8-12-25(13-14)16-15(19)7-6-9-21-16/h6-7,9,14,23H,5,8,10-13H2,1-4H3,(H2,20,22,24). The molecular formula is C18H31ClN6. The summed E-state index contributed by atoms with van der Waals surface area (Å²) in [6.45, 7) is 12.8. The molecule has 2 heterocycles. The molecule has 0 saturated carbocycles. The second kappa shape index (κ2) is 9.25. The third kappa shape index (κ3) is 6.71. The number of halogens is 1. The number of pyridine rings is 1. The number of hydrogen-bond acceptors (Lipinski definition) is 4. The molecule has 1 atom stereocenters. The van der Waals surface area contributed by atoms with E-state index in [2.05, 4.69) is 58.5 Å². The first-order valence-corrected chi connectivity index (χ1v) is 9.42. The zero-order chi connectivity index (χ0) is 18.3. The van der Waals surface area contributed by atoms with Gasteiger partial charge >= 0.3 is 0 Å². The lowest BCUT2D eigenvalue weighted by atomic mass is 10.1. The van der Waals surface area contributed by atoms with Gasteiger partial charge in [-0.1, -0.05) is 11.6 Å². The zero-order valence-electron chi connectivity index (χ0n) is 15.8. The average molecular weight is 367 g/mol. The number of rotatable bonds is 6. The second-order valence-corrected chi connectivity index (χ2v) is 7.73. The summed E-state index contributed by atoms with van der Waals surface area (Å²) < 4.78 is 0. The van der Waals surface area contributed by atoms with Gasteiger partial charge in [0.2, 0.25) is 0 Å². The lowest BCUT2D eigenvalue weighted by Gasteiger charge is -2.21. The molecule has 0 radical (unpaired) electrons. The van der Waals surface area contributed by atoms with E-state index in [1.54, 1.807) is 6.20 Å². The predicted octanol–water partition coefficient (Wildman–Crippen LogP) is 2.26. The summed E-state index contributed by atoms with van der Waals surface area (Å²) in [5.41, 5.74) is 0.120. The highest BCUT2D eigenvalue weighted by atomic mass is 35.5. The molecule has 1 aromatic heterocycles. The molecule has 0 aliphatic carbocycles. The van der Waals surface area contributed by atoms with Crippen molar-refractivity contribution in [1.29, 1.82) is 0 Å². The summed E-state index contributed by atoms with van der Waals surface area (Å²) in [5, 5.41) is 11.0. The maximum absolute atomic E-state index is 6.26. The minimum atomic E-state index is 0.120. The number of guanidine groups is 1. The Kier molecular flexibility index (Phi) is 7.32. The van der Waals surface area contributed by atoms with E-state index in [0.717, 1.165) is 50.9 Å². The Morgan fingerprint density at radius 2 is 2.24 bits per heavy atom. The first kappa shape index (κ1) is 19.8. The molecule has 1 fully saturated rings. The van der Waals surface area contributed by atoms with E-state index < -0.39 is 0 Å². The summed E-state index contributed by atoms with van der Waals surface area (Å²) in [4.78, 5) is 11.3. The fraction of sp³-hybridized carbons (Fsp3) is 0.667. The fourth-order valence-electron chi connectivity index (χ4n) is 2.79. The van der Waals surface area contributed by atoms with Crippen LogP contribution in [-0.4, -0.2) is 55.2 Å².